The van der Waals surface area contributed by atoms with Gasteiger partial charge < -0.3 is 15.3 Å². The molecule has 2 atom stereocenters. The summed E-state index contributed by atoms with van der Waals surface area (Å²) in [6, 6.07) is 0.612. The normalized spacial score (nSPS) is 27.6. The minimum Gasteiger partial charge on any atom is -0.396 e. The van der Waals surface area contributed by atoms with Crippen molar-refractivity contribution in [3.63, 3.8) is 0 Å². The first kappa shape index (κ1) is 12.9. The summed E-state index contributed by atoms with van der Waals surface area (Å²) in [7, 11) is 2.18. The first-order valence-electron chi connectivity index (χ1n) is 6.12. The second-order valence-corrected chi connectivity index (χ2v) is 5.30. The molecule has 1 aliphatic rings. The van der Waals surface area contributed by atoms with Gasteiger partial charge in [-0.15, -0.1) is 0 Å². The van der Waals surface area contributed by atoms with Crippen molar-refractivity contribution in [3.8, 4) is 0 Å². The number of nitrogens with zero attached hydrogens (tertiary/aromatic N) is 1. The highest BCUT2D eigenvalue weighted by molar-refractivity contribution is 4.81. The average Bonchev–Trinajstić information content (AvgIpc) is 2.26. The van der Waals surface area contributed by atoms with Crippen LogP contribution in [0.5, 0.6) is 0 Å². The van der Waals surface area contributed by atoms with Gasteiger partial charge in [0.05, 0.1) is 0 Å². The van der Waals surface area contributed by atoms with Crippen molar-refractivity contribution in [2.24, 2.45) is 5.41 Å². The van der Waals surface area contributed by atoms with E-state index >= 15 is 0 Å². The summed E-state index contributed by atoms with van der Waals surface area (Å²) in [4.78, 5) is 2.38. The smallest absolute Gasteiger partial charge is 0.0496 e. The van der Waals surface area contributed by atoms with Crippen molar-refractivity contribution in [2.45, 2.75) is 39.2 Å². The number of hydrogen-bond acceptors (Lipinski definition) is 3. The molecular weight excluding hydrogens is 188 g/mol. The summed E-state index contributed by atoms with van der Waals surface area (Å²) >= 11 is 0. The lowest BCUT2D eigenvalue weighted by atomic mass is 9.88. The van der Waals surface area contributed by atoms with Crippen LogP contribution in [0.4, 0.5) is 0 Å². The van der Waals surface area contributed by atoms with E-state index in [1.54, 1.807) is 0 Å². The van der Waals surface area contributed by atoms with Crippen LogP contribution in [0, 0.1) is 5.41 Å². The monoisotopic (exact) mass is 214 g/mol. The summed E-state index contributed by atoms with van der Waals surface area (Å²) < 4.78 is 0. The number of rotatable bonds is 5. The summed E-state index contributed by atoms with van der Waals surface area (Å²) in [6.07, 6.45) is 3.59. The van der Waals surface area contributed by atoms with Crippen LogP contribution in [0.25, 0.3) is 0 Å². The Kier molecular flexibility index (Phi) is 5.03. The fraction of sp³-hybridized carbons (Fsp3) is 1.00. The number of hydrogen-bond donors (Lipinski definition) is 2. The lowest BCUT2D eigenvalue weighted by molar-refractivity contribution is 0.123. The van der Waals surface area contributed by atoms with Crippen LogP contribution in [0.1, 0.15) is 33.1 Å². The Hall–Kier alpha value is -0.120. The molecule has 0 radical (unpaired) electrons. The van der Waals surface area contributed by atoms with E-state index in [4.69, 9.17) is 0 Å². The molecule has 0 spiro atoms. The highest BCUT2D eigenvalue weighted by Gasteiger charge is 2.23. The van der Waals surface area contributed by atoms with Gasteiger partial charge >= 0.3 is 0 Å². The van der Waals surface area contributed by atoms with Crippen molar-refractivity contribution in [1.82, 2.24) is 10.2 Å². The van der Waals surface area contributed by atoms with Gasteiger partial charge in [-0.05, 0) is 32.9 Å². The summed E-state index contributed by atoms with van der Waals surface area (Å²) in [5, 5.41) is 12.9. The van der Waals surface area contributed by atoms with Crippen LogP contribution in [0.2, 0.25) is 0 Å². The molecule has 1 fully saturated rings. The zero-order valence-corrected chi connectivity index (χ0v) is 10.4. The number of likely N-dealkylation sites (N-methyl/N-ethyl adjacent to an activating group) is 1. The second kappa shape index (κ2) is 5.83. The third kappa shape index (κ3) is 4.09. The predicted molar refractivity (Wildman–Crippen MR) is 64.0 cm³/mol. The van der Waals surface area contributed by atoms with Crippen molar-refractivity contribution < 1.29 is 5.11 Å². The van der Waals surface area contributed by atoms with Crippen LogP contribution in [0.3, 0.4) is 0 Å². The zero-order valence-electron chi connectivity index (χ0n) is 10.4. The summed E-state index contributed by atoms with van der Waals surface area (Å²) in [5.41, 5.74) is 0.0516. The molecule has 1 aliphatic heterocycles. The lowest BCUT2D eigenvalue weighted by Crippen LogP contribution is -2.47. The molecule has 0 aromatic rings. The van der Waals surface area contributed by atoms with E-state index in [9.17, 15) is 5.11 Å². The largest absolute Gasteiger partial charge is 0.396 e. The molecule has 2 N–H and O–H groups in total. The molecule has 90 valence electrons. The third-order valence-corrected chi connectivity index (χ3v) is 3.68. The standard InChI is InChI=1S/C12H26N2O/c1-4-12(2,10-15)9-13-11-6-5-7-14(3)8-11/h11,13,15H,4-10H2,1-3H3. The minimum atomic E-state index is 0.0516. The van der Waals surface area contributed by atoms with Gasteiger partial charge in [0.15, 0.2) is 0 Å². The summed E-state index contributed by atoms with van der Waals surface area (Å²) in [6.45, 7) is 7.86. The first-order chi connectivity index (χ1) is 7.09. The first-order valence-corrected chi connectivity index (χ1v) is 6.12. The van der Waals surface area contributed by atoms with Crippen LogP contribution in [0.15, 0.2) is 0 Å². The van der Waals surface area contributed by atoms with E-state index in [-0.39, 0.29) is 12.0 Å². The van der Waals surface area contributed by atoms with Crippen molar-refractivity contribution in [3.05, 3.63) is 0 Å². The zero-order chi connectivity index (χ0) is 11.3. The molecule has 0 aromatic carbocycles. The molecule has 1 rings (SSSR count). The number of piperidine rings is 1. The molecule has 3 heteroatoms. The van der Waals surface area contributed by atoms with Crippen LogP contribution in [-0.2, 0) is 0 Å². The maximum atomic E-state index is 9.32. The third-order valence-electron chi connectivity index (χ3n) is 3.68. The molecule has 3 nitrogen and oxygen atoms in total. The second-order valence-electron chi connectivity index (χ2n) is 5.30. The van der Waals surface area contributed by atoms with Gasteiger partial charge in [0.1, 0.15) is 0 Å². The van der Waals surface area contributed by atoms with E-state index in [0.29, 0.717) is 6.04 Å². The summed E-state index contributed by atoms with van der Waals surface area (Å²) in [5.74, 6) is 0. The molecule has 0 saturated carbocycles. The van der Waals surface area contributed by atoms with E-state index in [2.05, 4.69) is 31.1 Å². The highest BCUT2D eigenvalue weighted by Crippen LogP contribution is 2.19. The number of likely N-dealkylation sites (tertiary alicyclic amines) is 1. The van der Waals surface area contributed by atoms with Crippen molar-refractivity contribution in [2.75, 3.05) is 33.3 Å². The topological polar surface area (TPSA) is 35.5 Å². The quantitative estimate of drug-likeness (QED) is 0.719. The fourth-order valence-corrected chi connectivity index (χ4v) is 2.02. The Bertz CT molecular complexity index is 180. The fourth-order valence-electron chi connectivity index (χ4n) is 2.02. The van der Waals surface area contributed by atoms with E-state index in [1.165, 1.54) is 19.4 Å². The highest BCUT2D eigenvalue weighted by atomic mass is 16.3. The number of nitrogens with one attached hydrogen (secondary N) is 1. The van der Waals surface area contributed by atoms with Gasteiger partial charge in [-0.2, -0.15) is 0 Å². The Balaban J connectivity index is 2.29. The Morgan fingerprint density at radius 2 is 2.27 bits per heavy atom. The molecule has 1 heterocycles. The molecule has 0 bridgehead atoms. The van der Waals surface area contributed by atoms with Crippen molar-refractivity contribution >= 4 is 0 Å². The molecule has 2 unspecified atom stereocenters. The van der Waals surface area contributed by atoms with Crippen LogP contribution >= 0.6 is 0 Å². The number of aliphatic hydroxyl groups is 1. The van der Waals surface area contributed by atoms with Gasteiger partial charge in [0, 0.05) is 31.2 Å². The molecule has 0 aliphatic carbocycles. The van der Waals surface area contributed by atoms with E-state index < -0.39 is 0 Å². The molecule has 0 amide bonds. The van der Waals surface area contributed by atoms with Gasteiger partial charge in [-0.1, -0.05) is 13.8 Å². The molecular formula is C12H26N2O. The minimum absolute atomic E-state index is 0.0516. The van der Waals surface area contributed by atoms with E-state index in [1.807, 2.05) is 0 Å². The maximum absolute atomic E-state index is 9.32. The Morgan fingerprint density at radius 1 is 1.53 bits per heavy atom. The van der Waals surface area contributed by atoms with Gasteiger partial charge in [-0.25, -0.2) is 0 Å². The Labute approximate surface area is 93.9 Å². The predicted octanol–water partition coefficient (Wildman–Crippen LogP) is 1.08. The number of aliphatic hydroxyl groups excluding tert-OH is 1. The average molecular weight is 214 g/mol. The van der Waals surface area contributed by atoms with Gasteiger partial charge in [0.25, 0.3) is 0 Å². The van der Waals surface area contributed by atoms with E-state index in [0.717, 1.165) is 19.5 Å². The van der Waals surface area contributed by atoms with Crippen LogP contribution in [-0.4, -0.2) is 49.3 Å². The molecule has 0 aromatic heterocycles. The Morgan fingerprint density at radius 3 is 2.80 bits per heavy atom. The van der Waals surface area contributed by atoms with Gasteiger partial charge in [0.2, 0.25) is 0 Å². The van der Waals surface area contributed by atoms with Gasteiger partial charge in [-0.3, -0.25) is 0 Å². The van der Waals surface area contributed by atoms with Crippen molar-refractivity contribution in [1.29, 1.82) is 0 Å². The molecule has 1 saturated heterocycles. The van der Waals surface area contributed by atoms with Crippen LogP contribution < -0.4 is 5.32 Å². The SMILES string of the molecule is CCC(C)(CO)CNC1CCCN(C)C1. The molecule has 15 heavy (non-hydrogen) atoms. The maximum Gasteiger partial charge on any atom is 0.0496 e. The lowest BCUT2D eigenvalue weighted by Gasteiger charge is -2.34.